The van der Waals surface area contributed by atoms with Crippen LogP contribution in [0.5, 0.6) is 5.75 Å². The normalized spacial score (nSPS) is 11.0. The number of ketones is 1. The van der Waals surface area contributed by atoms with Gasteiger partial charge in [-0.25, -0.2) is 9.66 Å². The van der Waals surface area contributed by atoms with Crippen molar-refractivity contribution in [2.45, 2.75) is 5.16 Å². The van der Waals surface area contributed by atoms with Crippen LogP contribution in [0.15, 0.2) is 64.5 Å². The molecular formula is C21H16ClN3O3S2. The number of nitrogens with zero attached hydrogens (tertiary/aromatic N) is 2. The maximum atomic E-state index is 12.7. The number of aromatic nitrogens is 2. The van der Waals surface area contributed by atoms with Gasteiger partial charge in [-0.1, -0.05) is 47.6 Å². The molecule has 0 saturated heterocycles. The molecule has 0 unspecified atom stereocenters. The number of thiophene rings is 1. The third kappa shape index (κ3) is 4.07. The predicted octanol–water partition coefficient (Wildman–Crippen LogP) is 4.48. The van der Waals surface area contributed by atoms with Crippen molar-refractivity contribution in [1.29, 1.82) is 0 Å². The standard InChI is InChI=1S/C21H16ClN3O3S2/c1-28-15-4-2-3-13(9-15)17(26)11-29-21-24-16-10-18(12-5-7-14(22)8-6-12)30-19(16)20(27)25(21)23/h2-10H,11,23H2,1H3. The molecule has 2 N–H and O–H groups in total. The summed E-state index contributed by atoms with van der Waals surface area (Å²) in [6.07, 6.45) is 0. The van der Waals surface area contributed by atoms with Crippen LogP contribution in [0.3, 0.4) is 0 Å². The van der Waals surface area contributed by atoms with Gasteiger partial charge in [0, 0.05) is 15.5 Å². The Hall–Kier alpha value is -2.81. The van der Waals surface area contributed by atoms with Crippen molar-refractivity contribution in [3.8, 4) is 16.2 Å². The molecular weight excluding hydrogens is 442 g/mol. The van der Waals surface area contributed by atoms with Gasteiger partial charge in [-0.15, -0.1) is 11.3 Å². The highest BCUT2D eigenvalue weighted by Gasteiger charge is 2.16. The summed E-state index contributed by atoms with van der Waals surface area (Å²) < 4.78 is 6.61. The second-order valence-corrected chi connectivity index (χ2v) is 8.78. The van der Waals surface area contributed by atoms with Gasteiger partial charge in [-0.2, -0.15) is 0 Å². The Morgan fingerprint density at radius 2 is 2.00 bits per heavy atom. The first-order valence-corrected chi connectivity index (χ1v) is 11.0. The van der Waals surface area contributed by atoms with E-state index in [0.717, 1.165) is 26.9 Å². The van der Waals surface area contributed by atoms with Crippen LogP contribution >= 0.6 is 34.7 Å². The minimum Gasteiger partial charge on any atom is -0.497 e. The third-order valence-corrected chi connectivity index (χ3v) is 6.77. The van der Waals surface area contributed by atoms with Gasteiger partial charge in [0.2, 0.25) is 0 Å². The summed E-state index contributed by atoms with van der Waals surface area (Å²) in [5.74, 6) is 6.55. The summed E-state index contributed by atoms with van der Waals surface area (Å²) in [4.78, 5) is 30.6. The van der Waals surface area contributed by atoms with Gasteiger partial charge in [0.15, 0.2) is 10.9 Å². The largest absolute Gasteiger partial charge is 0.497 e. The number of benzene rings is 2. The molecule has 6 nitrogen and oxygen atoms in total. The number of Topliss-reactive ketones (excluding diaryl/α,β-unsaturated/α-hetero) is 1. The van der Waals surface area contributed by atoms with E-state index in [1.165, 1.54) is 11.3 Å². The number of rotatable bonds is 6. The highest BCUT2D eigenvalue weighted by Crippen LogP contribution is 2.32. The first-order valence-electron chi connectivity index (χ1n) is 8.84. The maximum Gasteiger partial charge on any atom is 0.290 e. The lowest BCUT2D eigenvalue weighted by Crippen LogP contribution is -2.29. The Morgan fingerprint density at radius 3 is 2.73 bits per heavy atom. The van der Waals surface area contributed by atoms with Crippen LogP contribution in [0, 0.1) is 0 Å². The zero-order valence-corrected chi connectivity index (χ0v) is 18.2. The monoisotopic (exact) mass is 457 g/mol. The summed E-state index contributed by atoms with van der Waals surface area (Å²) >= 11 is 8.40. The fourth-order valence-electron chi connectivity index (χ4n) is 2.84. The summed E-state index contributed by atoms with van der Waals surface area (Å²) in [6.45, 7) is 0. The van der Waals surface area contributed by atoms with Crippen molar-refractivity contribution in [3.05, 3.63) is 75.5 Å². The highest BCUT2D eigenvalue weighted by atomic mass is 35.5. The number of hydrogen-bond acceptors (Lipinski definition) is 7. The van der Waals surface area contributed by atoms with E-state index in [1.807, 2.05) is 18.2 Å². The molecule has 2 aromatic carbocycles. The highest BCUT2D eigenvalue weighted by molar-refractivity contribution is 7.99. The van der Waals surface area contributed by atoms with Gasteiger partial charge < -0.3 is 10.6 Å². The van der Waals surface area contributed by atoms with Crippen molar-refractivity contribution < 1.29 is 9.53 Å². The molecule has 0 spiro atoms. The lowest BCUT2D eigenvalue weighted by Gasteiger charge is -2.07. The van der Waals surface area contributed by atoms with Gasteiger partial charge in [-0.3, -0.25) is 9.59 Å². The van der Waals surface area contributed by atoms with Gasteiger partial charge >= 0.3 is 0 Å². The number of hydrogen-bond donors (Lipinski definition) is 1. The molecule has 0 aliphatic heterocycles. The van der Waals surface area contributed by atoms with Crippen LogP contribution < -0.4 is 16.1 Å². The van der Waals surface area contributed by atoms with Crippen molar-refractivity contribution in [1.82, 2.24) is 9.66 Å². The lowest BCUT2D eigenvalue weighted by atomic mass is 10.1. The Bertz CT molecular complexity index is 1300. The number of fused-ring (bicyclic) bond motifs is 1. The quantitative estimate of drug-likeness (QED) is 0.199. The molecule has 2 heterocycles. The second-order valence-electron chi connectivity index (χ2n) is 6.35. The predicted molar refractivity (Wildman–Crippen MR) is 123 cm³/mol. The summed E-state index contributed by atoms with van der Waals surface area (Å²) in [5, 5.41) is 0.922. The molecule has 9 heteroatoms. The van der Waals surface area contributed by atoms with Crippen LogP contribution in [-0.2, 0) is 0 Å². The number of methoxy groups -OCH3 is 1. The van der Waals surface area contributed by atoms with Gasteiger partial charge in [-0.05, 0) is 35.9 Å². The summed E-state index contributed by atoms with van der Waals surface area (Å²) in [7, 11) is 1.55. The van der Waals surface area contributed by atoms with Crippen LogP contribution in [-0.4, -0.2) is 28.3 Å². The van der Waals surface area contributed by atoms with Gasteiger partial charge in [0.25, 0.3) is 5.56 Å². The Labute approximate surface area is 185 Å². The minimum atomic E-state index is -0.346. The van der Waals surface area contributed by atoms with Crippen LogP contribution in [0.2, 0.25) is 5.02 Å². The van der Waals surface area contributed by atoms with E-state index < -0.39 is 0 Å². The van der Waals surface area contributed by atoms with Crippen molar-refractivity contribution >= 4 is 50.7 Å². The van der Waals surface area contributed by atoms with E-state index in [0.29, 0.717) is 26.6 Å². The molecule has 0 aliphatic carbocycles. The average Bonchev–Trinajstić information content (AvgIpc) is 3.20. The molecule has 0 bridgehead atoms. The van der Waals surface area contributed by atoms with Crippen molar-refractivity contribution in [2.24, 2.45) is 0 Å². The molecule has 152 valence electrons. The summed E-state index contributed by atoms with van der Waals surface area (Å²) in [6, 6.07) is 16.1. The van der Waals surface area contributed by atoms with Crippen LogP contribution in [0.25, 0.3) is 20.7 Å². The SMILES string of the molecule is COc1cccc(C(=O)CSc2nc3cc(-c4ccc(Cl)cc4)sc3c(=O)n2N)c1. The molecule has 0 atom stereocenters. The fourth-order valence-corrected chi connectivity index (χ4v) is 4.82. The van der Waals surface area contributed by atoms with Crippen molar-refractivity contribution in [2.75, 3.05) is 18.7 Å². The number of ether oxygens (including phenoxy) is 1. The lowest BCUT2D eigenvalue weighted by molar-refractivity contribution is 0.102. The topological polar surface area (TPSA) is 87.2 Å². The van der Waals surface area contributed by atoms with E-state index in [9.17, 15) is 9.59 Å². The first kappa shape index (κ1) is 20.5. The zero-order chi connectivity index (χ0) is 21.3. The Morgan fingerprint density at radius 1 is 1.23 bits per heavy atom. The molecule has 2 aromatic heterocycles. The number of nitrogen functional groups attached to an aromatic ring is 1. The molecule has 0 fully saturated rings. The third-order valence-electron chi connectivity index (χ3n) is 4.40. The van der Waals surface area contributed by atoms with Crippen LogP contribution in [0.4, 0.5) is 0 Å². The number of carbonyl (C=O) groups excluding carboxylic acids is 1. The first-order chi connectivity index (χ1) is 14.5. The van der Waals surface area contributed by atoms with E-state index in [1.54, 1.807) is 43.5 Å². The molecule has 4 aromatic rings. The maximum absolute atomic E-state index is 12.7. The molecule has 0 radical (unpaired) electrons. The Balaban J connectivity index is 1.61. The smallest absolute Gasteiger partial charge is 0.290 e. The number of nitrogens with two attached hydrogens (primary N) is 1. The van der Waals surface area contributed by atoms with E-state index in [4.69, 9.17) is 22.2 Å². The van der Waals surface area contributed by atoms with E-state index in [2.05, 4.69) is 4.98 Å². The molecule has 4 rings (SSSR count). The number of thioether (sulfide) groups is 1. The molecule has 0 aliphatic rings. The fraction of sp³-hybridized carbons (Fsp3) is 0.0952. The zero-order valence-electron chi connectivity index (χ0n) is 15.8. The minimum absolute atomic E-state index is 0.0937. The molecule has 30 heavy (non-hydrogen) atoms. The van der Waals surface area contributed by atoms with E-state index >= 15 is 0 Å². The van der Waals surface area contributed by atoms with Crippen molar-refractivity contribution in [3.63, 3.8) is 0 Å². The average molecular weight is 458 g/mol. The second kappa shape index (κ2) is 8.51. The van der Waals surface area contributed by atoms with E-state index in [-0.39, 0.29) is 22.3 Å². The van der Waals surface area contributed by atoms with Gasteiger partial charge in [0.1, 0.15) is 10.4 Å². The number of halogens is 1. The molecule has 0 saturated carbocycles. The Kier molecular flexibility index (Phi) is 5.80. The van der Waals surface area contributed by atoms with Gasteiger partial charge in [0.05, 0.1) is 18.4 Å². The molecule has 0 amide bonds. The number of carbonyl (C=O) groups is 1. The van der Waals surface area contributed by atoms with Crippen LogP contribution in [0.1, 0.15) is 10.4 Å². The summed E-state index contributed by atoms with van der Waals surface area (Å²) in [5.41, 5.74) is 1.66.